The Morgan fingerprint density at radius 2 is 2.32 bits per heavy atom. The highest BCUT2D eigenvalue weighted by atomic mass is 79.9. The van der Waals surface area contributed by atoms with Gasteiger partial charge in [-0.15, -0.1) is 0 Å². The highest BCUT2D eigenvalue weighted by molar-refractivity contribution is 9.10. The highest BCUT2D eigenvalue weighted by Gasteiger charge is 2.28. The first-order valence-corrected chi connectivity index (χ1v) is 7.32. The molecule has 0 spiro atoms. The van der Waals surface area contributed by atoms with E-state index in [9.17, 15) is 9.90 Å². The first-order chi connectivity index (χ1) is 8.87. The second-order valence-electron chi connectivity index (χ2n) is 5.96. The SMILES string of the molecule is CC1(C)CCCC(Nc2ncc(Br)cc2C(=O)O)C1. The van der Waals surface area contributed by atoms with Crippen molar-refractivity contribution in [2.75, 3.05) is 5.32 Å². The number of pyridine rings is 1. The minimum atomic E-state index is -0.952. The molecule has 0 aromatic carbocycles. The number of hydrogen-bond acceptors (Lipinski definition) is 3. The number of aromatic carboxylic acids is 1. The molecule has 104 valence electrons. The number of nitrogens with one attached hydrogen (secondary N) is 1. The van der Waals surface area contributed by atoms with Gasteiger partial charge in [-0.2, -0.15) is 0 Å². The van der Waals surface area contributed by atoms with Crippen molar-refractivity contribution in [1.29, 1.82) is 0 Å². The van der Waals surface area contributed by atoms with E-state index in [4.69, 9.17) is 0 Å². The van der Waals surface area contributed by atoms with Gasteiger partial charge in [-0.25, -0.2) is 9.78 Å². The van der Waals surface area contributed by atoms with E-state index in [1.807, 2.05) is 0 Å². The molecule has 1 aromatic rings. The van der Waals surface area contributed by atoms with E-state index in [0.29, 0.717) is 21.7 Å². The molecule has 1 saturated carbocycles. The van der Waals surface area contributed by atoms with Gasteiger partial charge in [0.05, 0.1) is 0 Å². The number of rotatable bonds is 3. The average Bonchev–Trinajstić information content (AvgIpc) is 2.30. The summed E-state index contributed by atoms with van der Waals surface area (Å²) in [4.78, 5) is 15.4. The monoisotopic (exact) mass is 326 g/mol. The lowest BCUT2D eigenvalue weighted by Gasteiger charge is -2.35. The summed E-state index contributed by atoms with van der Waals surface area (Å²) in [6.45, 7) is 4.52. The van der Waals surface area contributed by atoms with E-state index >= 15 is 0 Å². The Labute approximate surface area is 121 Å². The quantitative estimate of drug-likeness (QED) is 0.883. The Hall–Kier alpha value is -1.10. The van der Waals surface area contributed by atoms with Gasteiger partial charge in [-0.1, -0.05) is 20.3 Å². The average molecular weight is 327 g/mol. The first-order valence-electron chi connectivity index (χ1n) is 6.53. The second kappa shape index (κ2) is 5.49. The molecule has 1 unspecified atom stereocenters. The minimum Gasteiger partial charge on any atom is -0.478 e. The van der Waals surface area contributed by atoms with Gasteiger partial charge in [-0.3, -0.25) is 0 Å². The lowest BCUT2D eigenvalue weighted by Crippen LogP contribution is -2.32. The lowest BCUT2D eigenvalue weighted by molar-refractivity contribution is 0.0697. The van der Waals surface area contributed by atoms with Crippen molar-refractivity contribution in [2.24, 2.45) is 5.41 Å². The lowest BCUT2D eigenvalue weighted by atomic mass is 9.75. The zero-order valence-corrected chi connectivity index (χ0v) is 12.8. The van der Waals surface area contributed by atoms with Gasteiger partial charge in [0.15, 0.2) is 0 Å². The zero-order chi connectivity index (χ0) is 14.0. The normalized spacial score (nSPS) is 21.9. The van der Waals surface area contributed by atoms with Crippen LogP contribution < -0.4 is 5.32 Å². The number of carboxylic acids is 1. The van der Waals surface area contributed by atoms with Crippen molar-refractivity contribution in [3.63, 3.8) is 0 Å². The smallest absolute Gasteiger partial charge is 0.339 e. The van der Waals surface area contributed by atoms with Crippen molar-refractivity contribution in [3.8, 4) is 0 Å². The fourth-order valence-electron chi connectivity index (χ4n) is 2.73. The second-order valence-corrected chi connectivity index (χ2v) is 6.87. The molecule has 0 radical (unpaired) electrons. The Balaban J connectivity index is 2.17. The van der Waals surface area contributed by atoms with Crippen LogP contribution in [0.5, 0.6) is 0 Å². The number of carboxylic acid groups (broad SMARTS) is 1. The molecule has 1 heterocycles. The topological polar surface area (TPSA) is 62.2 Å². The standard InChI is InChI=1S/C14H19BrN2O2/c1-14(2)5-3-4-10(7-14)17-12-11(13(18)19)6-9(15)8-16-12/h6,8,10H,3-5,7H2,1-2H3,(H,16,17)(H,18,19). The highest BCUT2D eigenvalue weighted by Crippen LogP contribution is 2.36. The number of halogens is 1. The van der Waals surface area contributed by atoms with Crippen molar-refractivity contribution in [2.45, 2.75) is 45.6 Å². The summed E-state index contributed by atoms with van der Waals surface area (Å²) in [7, 11) is 0. The van der Waals surface area contributed by atoms with Gasteiger partial charge in [0.1, 0.15) is 11.4 Å². The van der Waals surface area contributed by atoms with Crippen LogP contribution >= 0.6 is 15.9 Å². The third kappa shape index (κ3) is 3.69. The summed E-state index contributed by atoms with van der Waals surface area (Å²) in [5, 5.41) is 12.5. The maximum absolute atomic E-state index is 11.2. The molecule has 19 heavy (non-hydrogen) atoms. The van der Waals surface area contributed by atoms with Crippen molar-refractivity contribution in [3.05, 3.63) is 22.3 Å². The maximum atomic E-state index is 11.2. The molecule has 0 aliphatic heterocycles. The molecule has 0 saturated heterocycles. The summed E-state index contributed by atoms with van der Waals surface area (Å²) in [5.41, 5.74) is 0.534. The Bertz CT molecular complexity index is 488. The van der Waals surface area contributed by atoms with Crippen molar-refractivity contribution >= 4 is 27.7 Å². The van der Waals surface area contributed by atoms with Crippen molar-refractivity contribution in [1.82, 2.24) is 4.98 Å². The third-order valence-corrected chi connectivity index (χ3v) is 4.06. The van der Waals surface area contributed by atoms with Crippen LogP contribution in [-0.4, -0.2) is 22.1 Å². The molecule has 1 aliphatic carbocycles. The maximum Gasteiger partial charge on any atom is 0.339 e. The molecule has 2 rings (SSSR count). The molecule has 5 heteroatoms. The molecule has 4 nitrogen and oxygen atoms in total. The van der Waals surface area contributed by atoms with Crippen molar-refractivity contribution < 1.29 is 9.90 Å². The van der Waals surface area contributed by atoms with E-state index in [1.165, 1.54) is 12.8 Å². The third-order valence-electron chi connectivity index (χ3n) is 3.63. The molecule has 0 amide bonds. The first kappa shape index (κ1) is 14.3. The van der Waals surface area contributed by atoms with Crippen LogP contribution in [0.15, 0.2) is 16.7 Å². The van der Waals surface area contributed by atoms with Gasteiger partial charge in [0, 0.05) is 16.7 Å². The van der Waals surface area contributed by atoms with Crippen LogP contribution in [0.2, 0.25) is 0 Å². The summed E-state index contributed by atoms with van der Waals surface area (Å²) >= 11 is 3.25. The number of hydrogen-bond donors (Lipinski definition) is 2. The van der Waals surface area contributed by atoms with Gasteiger partial charge < -0.3 is 10.4 Å². The molecule has 0 bridgehead atoms. The van der Waals surface area contributed by atoms with E-state index in [1.54, 1.807) is 12.3 Å². The zero-order valence-electron chi connectivity index (χ0n) is 11.2. The summed E-state index contributed by atoms with van der Waals surface area (Å²) in [5.74, 6) is -0.482. The van der Waals surface area contributed by atoms with E-state index in [2.05, 4.69) is 40.1 Å². The predicted molar refractivity (Wildman–Crippen MR) is 78.6 cm³/mol. The molecule has 1 fully saturated rings. The molecule has 1 aliphatic rings. The molecule has 2 N–H and O–H groups in total. The molecular formula is C14H19BrN2O2. The number of nitrogens with zero attached hydrogens (tertiary/aromatic N) is 1. The summed E-state index contributed by atoms with van der Waals surface area (Å²) in [6.07, 6.45) is 6.14. The fraction of sp³-hybridized carbons (Fsp3) is 0.571. The van der Waals surface area contributed by atoms with Gasteiger partial charge in [-0.05, 0) is 46.7 Å². The largest absolute Gasteiger partial charge is 0.478 e. The molecule has 1 aromatic heterocycles. The van der Waals surface area contributed by atoms with Crippen LogP contribution in [0.25, 0.3) is 0 Å². The number of anilines is 1. The number of aromatic nitrogens is 1. The van der Waals surface area contributed by atoms with Gasteiger partial charge >= 0.3 is 5.97 Å². The van der Waals surface area contributed by atoms with Crippen LogP contribution in [0.4, 0.5) is 5.82 Å². The van der Waals surface area contributed by atoms with Crippen LogP contribution in [0.3, 0.4) is 0 Å². The Kier molecular flexibility index (Phi) is 4.13. The Morgan fingerprint density at radius 3 is 2.95 bits per heavy atom. The van der Waals surface area contributed by atoms with E-state index in [0.717, 1.165) is 12.8 Å². The minimum absolute atomic E-state index is 0.220. The van der Waals surface area contributed by atoms with E-state index in [-0.39, 0.29) is 5.56 Å². The fourth-order valence-corrected chi connectivity index (χ4v) is 3.06. The Morgan fingerprint density at radius 1 is 1.58 bits per heavy atom. The summed E-state index contributed by atoms with van der Waals surface area (Å²) in [6, 6.07) is 1.89. The van der Waals surface area contributed by atoms with Crippen LogP contribution in [0.1, 0.15) is 49.9 Å². The van der Waals surface area contributed by atoms with Crippen LogP contribution in [0, 0.1) is 5.41 Å². The summed E-state index contributed by atoms with van der Waals surface area (Å²) < 4.78 is 0.680. The number of carbonyl (C=O) groups is 1. The van der Waals surface area contributed by atoms with E-state index < -0.39 is 5.97 Å². The van der Waals surface area contributed by atoms with Gasteiger partial charge in [0.2, 0.25) is 0 Å². The molecular weight excluding hydrogens is 308 g/mol. The van der Waals surface area contributed by atoms with Gasteiger partial charge in [0.25, 0.3) is 0 Å². The van der Waals surface area contributed by atoms with Crippen LogP contribution in [-0.2, 0) is 0 Å². The predicted octanol–water partition coefficient (Wildman–Crippen LogP) is 3.92. The molecule has 1 atom stereocenters.